The van der Waals surface area contributed by atoms with Crippen molar-refractivity contribution in [3.05, 3.63) is 65.7 Å². The van der Waals surface area contributed by atoms with Crippen molar-refractivity contribution in [1.82, 2.24) is 10.2 Å². The van der Waals surface area contributed by atoms with Gasteiger partial charge in [0.2, 0.25) is 21.8 Å². The molecule has 35 heavy (non-hydrogen) atoms. The summed E-state index contributed by atoms with van der Waals surface area (Å²) in [4.78, 5) is 27.7. The second-order valence-corrected chi connectivity index (χ2v) is 10.8. The lowest BCUT2D eigenvalue weighted by Gasteiger charge is -2.33. The van der Waals surface area contributed by atoms with Crippen molar-refractivity contribution < 1.29 is 26.8 Å². The molecule has 0 saturated heterocycles. The van der Waals surface area contributed by atoms with Crippen molar-refractivity contribution in [1.29, 1.82) is 0 Å². The van der Waals surface area contributed by atoms with E-state index >= 15 is 0 Å². The minimum atomic E-state index is -4.02. The number of nitrogens with one attached hydrogen (secondary N) is 1. The molecular weight excluding hydrogens is 476 g/mol. The predicted octanol–water partition coefficient (Wildman–Crippen LogP) is 3.60. The minimum Gasteiger partial charge on any atom is -0.352 e. The van der Waals surface area contributed by atoms with Crippen LogP contribution in [0, 0.1) is 11.6 Å². The molecule has 1 fully saturated rings. The maximum absolute atomic E-state index is 14.4. The van der Waals surface area contributed by atoms with Crippen LogP contribution in [-0.4, -0.2) is 50.0 Å². The highest BCUT2D eigenvalue weighted by atomic mass is 32.2. The van der Waals surface area contributed by atoms with Crippen molar-refractivity contribution in [3.8, 4) is 0 Å². The number of rotatable bonds is 9. The van der Waals surface area contributed by atoms with Gasteiger partial charge in [-0.3, -0.25) is 13.9 Å². The normalized spacial score (nSPS) is 15.3. The van der Waals surface area contributed by atoms with E-state index in [-0.39, 0.29) is 24.2 Å². The first-order valence-electron chi connectivity index (χ1n) is 11.6. The number of amides is 2. The molecule has 2 amide bonds. The summed E-state index contributed by atoms with van der Waals surface area (Å²) in [6.07, 6.45) is 5.76. The Hall–Kier alpha value is -3.01. The summed E-state index contributed by atoms with van der Waals surface area (Å²) in [7, 11) is -4.02. The zero-order valence-corrected chi connectivity index (χ0v) is 20.7. The number of carbonyl (C=O) groups is 2. The molecule has 3 rings (SSSR count). The third kappa shape index (κ3) is 7.24. The summed E-state index contributed by atoms with van der Waals surface area (Å²) in [5.74, 6) is -2.28. The fraction of sp³-hybridized carbons (Fsp3) is 0.440. The Morgan fingerprint density at radius 1 is 1.03 bits per heavy atom. The predicted molar refractivity (Wildman–Crippen MR) is 130 cm³/mol. The van der Waals surface area contributed by atoms with Gasteiger partial charge in [-0.1, -0.05) is 43.5 Å². The number of anilines is 1. The van der Waals surface area contributed by atoms with Crippen molar-refractivity contribution in [3.63, 3.8) is 0 Å². The van der Waals surface area contributed by atoms with Crippen LogP contribution in [0.5, 0.6) is 0 Å². The molecule has 10 heteroatoms. The Morgan fingerprint density at radius 3 is 2.26 bits per heavy atom. The lowest BCUT2D eigenvalue weighted by atomic mass is 9.95. The molecule has 0 radical (unpaired) electrons. The van der Waals surface area contributed by atoms with Gasteiger partial charge in [0.25, 0.3) is 0 Å². The highest BCUT2D eigenvalue weighted by Crippen LogP contribution is 2.23. The molecule has 0 bridgehead atoms. The molecule has 0 heterocycles. The van der Waals surface area contributed by atoms with Gasteiger partial charge in [0.15, 0.2) is 0 Å². The van der Waals surface area contributed by atoms with Gasteiger partial charge in [-0.05, 0) is 49.6 Å². The number of hydrogen-bond acceptors (Lipinski definition) is 4. The van der Waals surface area contributed by atoms with Gasteiger partial charge in [0, 0.05) is 12.6 Å². The van der Waals surface area contributed by atoms with Crippen LogP contribution in [-0.2, 0) is 26.2 Å². The summed E-state index contributed by atoms with van der Waals surface area (Å²) < 4.78 is 53.5. The van der Waals surface area contributed by atoms with E-state index in [1.807, 2.05) is 0 Å². The van der Waals surface area contributed by atoms with Gasteiger partial charge in [0.05, 0.1) is 11.9 Å². The molecule has 0 spiro atoms. The molecule has 7 nitrogen and oxygen atoms in total. The zero-order valence-electron chi connectivity index (χ0n) is 19.9. The van der Waals surface area contributed by atoms with Crippen molar-refractivity contribution in [2.45, 2.75) is 57.7 Å². The Morgan fingerprint density at radius 2 is 1.66 bits per heavy atom. The topological polar surface area (TPSA) is 86.8 Å². The summed E-state index contributed by atoms with van der Waals surface area (Å²) in [5, 5.41) is 2.99. The maximum atomic E-state index is 14.4. The van der Waals surface area contributed by atoms with Crippen LogP contribution in [0.25, 0.3) is 0 Å². The van der Waals surface area contributed by atoms with Gasteiger partial charge in [0.1, 0.15) is 24.2 Å². The second kappa shape index (κ2) is 11.6. The Bertz CT molecular complexity index is 1140. The Kier molecular flexibility index (Phi) is 8.82. The van der Waals surface area contributed by atoms with E-state index in [9.17, 15) is 26.8 Å². The number of carbonyl (C=O) groups excluding carboxylic acids is 2. The number of benzene rings is 2. The number of nitrogens with zero attached hydrogens (tertiary/aromatic N) is 2. The standard InChI is InChI=1S/C25H31F2N3O4S/c1-18(25(32)28-21-8-4-3-5-9-21)29(16-19-12-14-20(26)15-13-19)24(31)17-30(35(2,33)34)23-11-7-6-10-22(23)27/h6-7,10-15,18,21H,3-5,8-9,16-17H2,1-2H3,(H,28,32). The first-order chi connectivity index (χ1) is 16.6. The number of halogens is 2. The Labute approximate surface area is 205 Å². The van der Waals surface area contributed by atoms with E-state index in [1.54, 1.807) is 6.92 Å². The summed E-state index contributed by atoms with van der Waals surface area (Å²) in [6, 6.07) is 9.82. The molecular formula is C25H31F2N3O4S. The third-order valence-electron chi connectivity index (χ3n) is 6.19. The van der Waals surface area contributed by atoms with Crippen LogP contribution < -0.4 is 9.62 Å². The Balaban J connectivity index is 1.87. The fourth-order valence-electron chi connectivity index (χ4n) is 4.19. The van der Waals surface area contributed by atoms with Gasteiger partial charge in [-0.2, -0.15) is 0 Å². The van der Waals surface area contributed by atoms with Gasteiger partial charge in [-0.15, -0.1) is 0 Å². The first-order valence-corrected chi connectivity index (χ1v) is 13.5. The monoisotopic (exact) mass is 507 g/mol. The fourth-order valence-corrected chi connectivity index (χ4v) is 5.04. The van der Waals surface area contributed by atoms with Crippen LogP contribution in [0.1, 0.15) is 44.6 Å². The minimum absolute atomic E-state index is 0.0207. The highest BCUT2D eigenvalue weighted by molar-refractivity contribution is 7.92. The van der Waals surface area contributed by atoms with Crippen molar-refractivity contribution in [2.24, 2.45) is 0 Å². The molecule has 2 aromatic rings. The molecule has 0 aromatic heterocycles. The maximum Gasteiger partial charge on any atom is 0.244 e. The number of sulfonamides is 1. The largest absolute Gasteiger partial charge is 0.352 e. The SMILES string of the molecule is CC(C(=O)NC1CCCCC1)N(Cc1ccc(F)cc1)C(=O)CN(c1ccccc1F)S(C)(=O)=O. The molecule has 190 valence electrons. The first kappa shape index (κ1) is 26.6. The van der Waals surface area contributed by atoms with Crippen LogP contribution in [0.4, 0.5) is 14.5 Å². The molecule has 2 aromatic carbocycles. The van der Waals surface area contributed by atoms with Gasteiger partial charge < -0.3 is 10.2 Å². The molecule has 1 unspecified atom stereocenters. The average Bonchev–Trinajstić information content (AvgIpc) is 2.82. The van der Waals surface area contributed by atoms with Crippen LogP contribution in [0.15, 0.2) is 48.5 Å². The van der Waals surface area contributed by atoms with E-state index in [0.717, 1.165) is 44.4 Å². The average molecular weight is 508 g/mol. The summed E-state index contributed by atoms with van der Waals surface area (Å²) in [5.41, 5.74) is 0.304. The smallest absolute Gasteiger partial charge is 0.244 e. The molecule has 1 aliphatic carbocycles. The van der Waals surface area contributed by atoms with E-state index in [4.69, 9.17) is 0 Å². The van der Waals surface area contributed by atoms with Crippen molar-refractivity contribution >= 4 is 27.5 Å². The quantitative estimate of drug-likeness (QED) is 0.562. The van der Waals surface area contributed by atoms with E-state index in [2.05, 4.69) is 5.32 Å². The highest BCUT2D eigenvalue weighted by Gasteiger charge is 2.31. The van der Waals surface area contributed by atoms with Crippen LogP contribution in [0.2, 0.25) is 0 Å². The van der Waals surface area contributed by atoms with Crippen molar-refractivity contribution in [2.75, 3.05) is 17.1 Å². The number of hydrogen-bond donors (Lipinski definition) is 1. The van der Waals surface area contributed by atoms with Crippen LogP contribution >= 0.6 is 0 Å². The second-order valence-electron chi connectivity index (χ2n) is 8.89. The van der Waals surface area contributed by atoms with E-state index in [0.29, 0.717) is 9.87 Å². The lowest BCUT2D eigenvalue weighted by molar-refractivity contribution is -0.139. The third-order valence-corrected chi connectivity index (χ3v) is 7.31. The molecule has 1 saturated carbocycles. The molecule has 1 aliphatic rings. The molecule has 1 N–H and O–H groups in total. The molecule has 0 aliphatic heterocycles. The zero-order chi connectivity index (χ0) is 25.6. The van der Waals surface area contributed by atoms with E-state index < -0.39 is 40.2 Å². The van der Waals surface area contributed by atoms with E-state index in [1.165, 1.54) is 47.4 Å². The summed E-state index contributed by atoms with van der Waals surface area (Å²) >= 11 is 0. The van der Waals surface area contributed by atoms with Gasteiger partial charge >= 0.3 is 0 Å². The number of para-hydroxylation sites is 1. The van der Waals surface area contributed by atoms with Crippen LogP contribution in [0.3, 0.4) is 0 Å². The molecule has 1 atom stereocenters. The van der Waals surface area contributed by atoms with Gasteiger partial charge in [-0.25, -0.2) is 17.2 Å². The lowest BCUT2D eigenvalue weighted by Crippen LogP contribution is -2.53. The summed E-state index contributed by atoms with van der Waals surface area (Å²) in [6.45, 7) is 0.822.